The molecule has 1 heterocycles. The van der Waals surface area contributed by atoms with Gasteiger partial charge in [0.2, 0.25) is 0 Å². The van der Waals surface area contributed by atoms with Gasteiger partial charge in [-0.1, -0.05) is 17.7 Å². The van der Waals surface area contributed by atoms with Gasteiger partial charge in [0.05, 0.1) is 5.02 Å². The van der Waals surface area contributed by atoms with E-state index in [-0.39, 0.29) is 6.61 Å². The van der Waals surface area contributed by atoms with Crippen LogP contribution in [-0.2, 0) is 6.61 Å². The van der Waals surface area contributed by atoms with Gasteiger partial charge < -0.3 is 10.5 Å². The first-order chi connectivity index (χ1) is 8.15. The van der Waals surface area contributed by atoms with Gasteiger partial charge in [0.1, 0.15) is 18.2 Å². The van der Waals surface area contributed by atoms with Crippen molar-refractivity contribution in [1.82, 2.24) is 9.97 Å². The van der Waals surface area contributed by atoms with E-state index in [0.29, 0.717) is 22.4 Å². The monoisotopic (exact) mass is 249 g/mol. The van der Waals surface area contributed by atoms with Crippen molar-refractivity contribution in [3.8, 4) is 5.75 Å². The molecule has 0 saturated carbocycles. The molecule has 0 atom stereocenters. The van der Waals surface area contributed by atoms with E-state index in [1.165, 1.54) is 0 Å². The summed E-state index contributed by atoms with van der Waals surface area (Å²) in [6, 6.07) is 7.22. The minimum Gasteiger partial charge on any atom is -0.484 e. The number of nitrogens with two attached hydrogens (primary N) is 1. The van der Waals surface area contributed by atoms with Crippen molar-refractivity contribution in [1.29, 1.82) is 0 Å². The van der Waals surface area contributed by atoms with Gasteiger partial charge in [-0.05, 0) is 30.7 Å². The Morgan fingerprint density at radius 2 is 2.18 bits per heavy atom. The molecule has 1 aromatic carbocycles. The summed E-state index contributed by atoms with van der Waals surface area (Å²) in [7, 11) is 0. The lowest BCUT2D eigenvalue weighted by atomic mass is 10.2. The van der Waals surface area contributed by atoms with Crippen LogP contribution in [0.1, 0.15) is 11.4 Å². The molecule has 0 unspecified atom stereocenters. The minimum atomic E-state index is 0.244. The van der Waals surface area contributed by atoms with Crippen molar-refractivity contribution in [2.24, 2.45) is 0 Å². The maximum Gasteiger partial charge on any atom is 0.168 e. The summed E-state index contributed by atoms with van der Waals surface area (Å²) in [5.41, 5.74) is 6.63. The predicted octanol–water partition coefficient (Wildman–Crippen LogP) is 2.60. The van der Waals surface area contributed by atoms with Crippen LogP contribution in [0.5, 0.6) is 5.75 Å². The highest BCUT2D eigenvalue weighted by Gasteiger charge is 2.03. The predicted molar refractivity (Wildman–Crippen MR) is 67.0 cm³/mol. The summed E-state index contributed by atoms with van der Waals surface area (Å²) < 4.78 is 5.55. The van der Waals surface area contributed by atoms with E-state index in [0.717, 1.165) is 5.56 Å². The summed E-state index contributed by atoms with van der Waals surface area (Å²) in [4.78, 5) is 8.09. The zero-order valence-corrected chi connectivity index (χ0v) is 10.1. The second kappa shape index (κ2) is 5.01. The molecule has 5 heteroatoms. The van der Waals surface area contributed by atoms with E-state index in [9.17, 15) is 0 Å². The van der Waals surface area contributed by atoms with Crippen molar-refractivity contribution in [2.45, 2.75) is 13.5 Å². The van der Waals surface area contributed by atoms with Crippen LogP contribution in [0, 0.1) is 6.92 Å². The number of halogens is 1. The molecule has 2 rings (SSSR count). The number of nitrogen functional groups attached to an aromatic ring is 1. The zero-order valence-electron chi connectivity index (χ0n) is 9.35. The molecule has 2 aromatic rings. The zero-order chi connectivity index (χ0) is 12.3. The highest BCUT2D eigenvalue weighted by Crippen LogP contribution is 2.25. The fourth-order valence-corrected chi connectivity index (χ4v) is 1.52. The Kier molecular flexibility index (Phi) is 3.44. The van der Waals surface area contributed by atoms with E-state index < -0.39 is 0 Å². The van der Waals surface area contributed by atoms with Crippen LogP contribution in [0.2, 0.25) is 5.02 Å². The molecule has 0 aliphatic rings. The quantitative estimate of drug-likeness (QED) is 0.908. The third kappa shape index (κ3) is 3.07. The van der Waals surface area contributed by atoms with E-state index in [2.05, 4.69) is 9.97 Å². The number of hydrogen-bond donors (Lipinski definition) is 1. The molecule has 88 valence electrons. The highest BCUT2D eigenvalue weighted by molar-refractivity contribution is 6.32. The minimum absolute atomic E-state index is 0.244. The van der Waals surface area contributed by atoms with Crippen molar-refractivity contribution < 1.29 is 4.74 Å². The number of rotatable bonds is 3. The molecule has 0 bridgehead atoms. The van der Waals surface area contributed by atoms with Crippen LogP contribution in [0.25, 0.3) is 0 Å². The van der Waals surface area contributed by atoms with Crippen molar-refractivity contribution in [3.63, 3.8) is 0 Å². The lowest BCUT2D eigenvalue weighted by Crippen LogP contribution is -2.03. The number of nitrogens with zero attached hydrogens (tertiary/aromatic N) is 2. The largest absolute Gasteiger partial charge is 0.484 e. The summed E-state index contributed by atoms with van der Waals surface area (Å²) in [5.74, 6) is 1.58. The van der Waals surface area contributed by atoms with Gasteiger partial charge in [-0.25, -0.2) is 9.97 Å². The Labute approximate surface area is 104 Å². The maximum atomic E-state index is 6.00. The molecule has 17 heavy (non-hydrogen) atoms. The molecular weight excluding hydrogens is 238 g/mol. The Hall–Kier alpha value is -1.81. The summed E-state index contributed by atoms with van der Waals surface area (Å²) >= 11 is 6.00. The number of benzene rings is 1. The Morgan fingerprint density at radius 1 is 1.35 bits per heavy atom. The maximum absolute atomic E-state index is 6.00. The topological polar surface area (TPSA) is 61.0 Å². The standard InChI is InChI=1S/C12H12ClN3O/c1-8-2-3-9(13)10(6-8)17-7-12-15-5-4-11(14)16-12/h2-6H,7H2,1H3,(H2,14,15,16). The summed E-state index contributed by atoms with van der Waals surface area (Å²) in [6.07, 6.45) is 1.60. The number of aryl methyl sites for hydroxylation is 1. The lowest BCUT2D eigenvalue weighted by Gasteiger charge is -2.08. The average molecular weight is 250 g/mol. The smallest absolute Gasteiger partial charge is 0.168 e. The number of hydrogen-bond acceptors (Lipinski definition) is 4. The Morgan fingerprint density at radius 3 is 2.94 bits per heavy atom. The summed E-state index contributed by atoms with van der Waals surface area (Å²) in [6.45, 7) is 2.22. The first kappa shape index (κ1) is 11.7. The van der Waals surface area contributed by atoms with Crippen LogP contribution >= 0.6 is 11.6 Å². The average Bonchev–Trinajstić information content (AvgIpc) is 2.30. The molecule has 0 spiro atoms. The van der Waals surface area contributed by atoms with Crippen LogP contribution in [0.15, 0.2) is 30.5 Å². The van der Waals surface area contributed by atoms with Crippen molar-refractivity contribution >= 4 is 17.4 Å². The van der Waals surface area contributed by atoms with E-state index in [1.54, 1.807) is 18.3 Å². The molecule has 2 N–H and O–H groups in total. The number of aromatic nitrogens is 2. The molecular formula is C12H12ClN3O. The van der Waals surface area contributed by atoms with E-state index in [4.69, 9.17) is 22.1 Å². The molecule has 4 nitrogen and oxygen atoms in total. The third-order valence-corrected chi connectivity index (χ3v) is 2.48. The van der Waals surface area contributed by atoms with Crippen LogP contribution in [0.3, 0.4) is 0 Å². The summed E-state index contributed by atoms with van der Waals surface area (Å²) in [5, 5.41) is 0.569. The SMILES string of the molecule is Cc1ccc(Cl)c(OCc2nccc(N)n2)c1. The molecule has 0 radical (unpaired) electrons. The van der Waals surface area contributed by atoms with Crippen LogP contribution in [-0.4, -0.2) is 9.97 Å². The van der Waals surface area contributed by atoms with Gasteiger partial charge >= 0.3 is 0 Å². The van der Waals surface area contributed by atoms with E-state index >= 15 is 0 Å². The van der Waals surface area contributed by atoms with Gasteiger partial charge in [-0.3, -0.25) is 0 Å². The number of ether oxygens (including phenoxy) is 1. The van der Waals surface area contributed by atoms with Crippen molar-refractivity contribution in [3.05, 3.63) is 46.9 Å². The van der Waals surface area contributed by atoms with Crippen LogP contribution < -0.4 is 10.5 Å². The van der Waals surface area contributed by atoms with Gasteiger partial charge in [0.15, 0.2) is 5.82 Å². The molecule has 0 saturated heterocycles. The number of anilines is 1. The molecule has 0 aliphatic carbocycles. The van der Waals surface area contributed by atoms with Gasteiger partial charge in [0.25, 0.3) is 0 Å². The van der Waals surface area contributed by atoms with Gasteiger partial charge in [-0.2, -0.15) is 0 Å². The van der Waals surface area contributed by atoms with Gasteiger partial charge in [0, 0.05) is 6.20 Å². The van der Waals surface area contributed by atoms with E-state index in [1.807, 2.05) is 19.1 Å². The first-order valence-corrected chi connectivity index (χ1v) is 5.49. The first-order valence-electron chi connectivity index (χ1n) is 5.11. The Bertz CT molecular complexity index is 531. The molecule has 0 fully saturated rings. The second-order valence-corrected chi connectivity index (χ2v) is 4.03. The highest BCUT2D eigenvalue weighted by atomic mass is 35.5. The fraction of sp³-hybridized carbons (Fsp3) is 0.167. The Balaban J connectivity index is 2.09. The molecule has 1 aromatic heterocycles. The second-order valence-electron chi connectivity index (χ2n) is 3.62. The molecule has 0 amide bonds. The van der Waals surface area contributed by atoms with Crippen molar-refractivity contribution in [2.75, 3.05) is 5.73 Å². The lowest BCUT2D eigenvalue weighted by molar-refractivity contribution is 0.296. The third-order valence-electron chi connectivity index (χ3n) is 2.17. The normalized spacial score (nSPS) is 10.2. The molecule has 0 aliphatic heterocycles. The van der Waals surface area contributed by atoms with Gasteiger partial charge in [-0.15, -0.1) is 0 Å². The van der Waals surface area contributed by atoms with Crippen LogP contribution in [0.4, 0.5) is 5.82 Å². The fourth-order valence-electron chi connectivity index (χ4n) is 1.35.